The van der Waals surface area contributed by atoms with Gasteiger partial charge in [-0.1, -0.05) is 24.8 Å². The van der Waals surface area contributed by atoms with E-state index in [1.54, 1.807) is 23.6 Å². The van der Waals surface area contributed by atoms with Crippen molar-refractivity contribution in [3.8, 4) is 0 Å². The molecule has 0 saturated carbocycles. The summed E-state index contributed by atoms with van der Waals surface area (Å²) in [5, 5.41) is 4.69. The molecule has 1 N–H and O–H groups in total. The minimum atomic E-state index is -1.18. The lowest BCUT2D eigenvalue weighted by atomic mass is 9.99. The third-order valence-electron chi connectivity index (χ3n) is 8.32. The average molecular weight is 731 g/mol. The summed E-state index contributed by atoms with van der Waals surface area (Å²) >= 11 is 1.39. The number of thiazole rings is 1. The molecule has 2 aromatic rings. The Bertz CT molecular complexity index is 1660. The number of aromatic nitrogens is 1. The lowest BCUT2D eigenvalue weighted by molar-refractivity contribution is -0.136. The molecule has 1 aromatic carbocycles. The molecule has 0 aliphatic carbocycles. The zero-order valence-corrected chi connectivity index (χ0v) is 28.9. The molecule has 0 radical (unpaired) electrons. The van der Waals surface area contributed by atoms with E-state index in [0.29, 0.717) is 70.2 Å². The number of imide groups is 2. The van der Waals surface area contributed by atoms with Crippen molar-refractivity contribution in [1.29, 1.82) is 0 Å². The maximum Gasteiger partial charge on any atom is 0.262 e. The molecule has 16 heteroatoms. The van der Waals surface area contributed by atoms with Gasteiger partial charge in [0.05, 0.1) is 63.1 Å². The molecular weight excluding hydrogens is 690 g/mol. The number of nitrogens with zero attached hydrogens (tertiary/aromatic N) is 3. The summed E-state index contributed by atoms with van der Waals surface area (Å²) in [6, 6.07) is 4.04. The van der Waals surface area contributed by atoms with Crippen molar-refractivity contribution >= 4 is 45.7 Å². The third kappa shape index (κ3) is 9.51. The zero-order chi connectivity index (χ0) is 36.2. The van der Waals surface area contributed by atoms with Gasteiger partial charge in [-0.25, -0.2) is 13.8 Å². The number of benzene rings is 1. The van der Waals surface area contributed by atoms with E-state index in [1.165, 1.54) is 17.4 Å². The van der Waals surface area contributed by atoms with Crippen molar-refractivity contribution in [2.24, 2.45) is 0 Å². The van der Waals surface area contributed by atoms with E-state index >= 15 is 0 Å². The number of morpholine rings is 1. The molecule has 0 bridgehead atoms. The largest absolute Gasteiger partial charge is 0.487 e. The highest BCUT2D eigenvalue weighted by atomic mass is 32.1. The first-order valence-electron chi connectivity index (χ1n) is 16.6. The third-order valence-corrected chi connectivity index (χ3v) is 9.22. The van der Waals surface area contributed by atoms with E-state index in [4.69, 9.17) is 23.7 Å². The predicted octanol–water partition coefficient (Wildman–Crippen LogP) is 3.76. The number of amides is 4. The predicted molar refractivity (Wildman–Crippen MR) is 182 cm³/mol. The second-order valence-corrected chi connectivity index (χ2v) is 12.4. The van der Waals surface area contributed by atoms with Crippen LogP contribution in [0.3, 0.4) is 0 Å². The van der Waals surface area contributed by atoms with Crippen LogP contribution in [0.25, 0.3) is 5.57 Å². The number of halogens is 2. The summed E-state index contributed by atoms with van der Waals surface area (Å²) in [6.07, 6.45) is 2.44. The number of anilines is 1. The van der Waals surface area contributed by atoms with E-state index in [0.717, 1.165) is 10.0 Å². The highest BCUT2D eigenvalue weighted by molar-refractivity contribution is 7.13. The second kappa shape index (κ2) is 18.8. The van der Waals surface area contributed by atoms with Gasteiger partial charge in [0.15, 0.2) is 16.7 Å². The molecule has 2 saturated heterocycles. The molecule has 3 aliphatic heterocycles. The van der Waals surface area contributed by atoms with E-state index < -0.39 is 35.5 Å². The zero-order valence-electron chi connectivity index (χ0n) is 28.0. The van der Waals surface area contributed by atoms with Crippen molar-refractivity contribution in [1.82, 2.24) is 15.2 Å². The van der Waals surface area contributed by atoms with Crippen LogP contribution in [0.15, 0.2) is 54.1 Å². The minimum Gasteiger partial charge on any atom is -0.487 e. The van der Waals surface area contributed by atoms with Gasteiger partial charge < -0.3 is 28.6 Å². The summed E-state index contributed by atoms with van der Waals surface area (Å²) in [7, 11) is 0. The molecule has 13 nitrogen and oxygen atoms in total. The number of carbonyl (C=O) groups excluding carboxylic acids is 4. The Kier molecular flexibility index (Phi) is 13.9. The van der Waals surface area contributed by atoms with Gasteiger partial charge in [-0.3, -0.25) is 29.4 Å². The van der Waals surface area contributed by atoms with Crippen LogP contribution in [0.1, 0.15) is 51.2 Å². The van der Waals surface area contributed by atoms with Gasteiger partial charge in [0, 0.05) is 37.1 Å². The summed E-state index contributed by atoms with van der Waals surface area (Å²) in [5.74, 6) is -3.62. The van der Waals surface area contributed by atoms with Crippen LogP contribution in [-0.2, 0) is 39.7 Å². The molecule has 1 unspecified atom stereocenters. The van der Waals surface area contributed by atoms with Gasteiger partial charge in [0.1, 0.15) is 19.0 Å². The first-order valence-corrected chi connectivity index (χ1v) is 17.5. The number of carbonyl (C=O) groups is 4. The monoisotopic (exact) mass is 730 g/mol. The van der Waals surface area contributed by atoms with Gasteiger partial charge in [0.2, 0.25) is 11.8 Å². The quantitative estimate of drug-likeness (QED) is 0.0977. The second-order valence-electron chi connectivity index (χ2n) is 11.6. The van der Waals surface area contributed by atoms with E-state index in [9.17, 15) is 28.0 Å². The fourth-order valence-corrected chi connectivity index (χ4v) is 6.71. The molecule has 3 aliphatic rings. The maximum absolute atomic E-state index is 14.5. The van der Waals surface area contributed by atoms with Crippen molar-refractivity contribution in [2.75, 3.05) is 77.5 Å². The SMILES string of the molecule is C=C/C(=C(OCCOCCOCCOCCCc1cccc2c1C(=O)N(C1CCC(=O)NC1=O)C2=O)\C(F)=C\F)c1csc(N2CCOCC2)n1. The van der Waals surface area contributed by atoms with E-state index in [-0.39, 0.29) is 68.1 Å². The molecule has 51 heavy (non-hydrogen) atoms. The Labute approximate surface area is 297 Å². The molecule has 1 aromatic heterocycles. The lowest BCUT2D eigenvalue weighted by Gasteiger charge is -2.27. The average Bonchev–Trinajstić information content (AvgIpc) is 3.73. The molecule has 0 spiro atoms. The molecule has 5 rings (SSSR count). The number of allylic oxidation sites excluding steroid dienone is 3. The van der Waals surface area contributed by atoms with Crippen LogP contribution in [0.2, 0.25) is 0 Å². The number of hydrogen-bond donors (Lipinski definition) is 1. The topological polar surface area (TPSA) is 146 Å². The highest BCUT2D eigenvalue weighted by Crippen LogP contribution is 2.32. The Morgan fingerprint density at radius 1 is 1.02 bits per heavy atom. The molecule has 274 valence electrons. The first kappa shape index (κ1) is 37.9. The Morgan fingerprint density at radius 3 is 2.41 bits per heavy atom. The van der Waals surface area contributed by atoms with Gasteiger partial charge in [0.25, 0.3) is 11.8 Å². The van der Waals surface area contributed by atoms with E-state index in [1.807, 2.05) is 0 Å². The fourth-order valence-electron chi connectivity index (χ4n) is 5.83. The number of rotatable bonds is 19. The van der Waals surface area contributed by atoms with E-state index in [2.05, 4.69) is 21.8 Å². The van der Waals surface area contributed by atoms with Crippen LogP contribution < -0.4 is 10.2 Å². The van der Waals surface area contributed by atoms with Crippen LogP contribution in [0, 0.1) is 0 Å². The molecule has 1 atom stereocenters. The van der Waals surface area contributed by atoms with Crippen molar-refractivity contribution in [3.05, 3.63) is 76.5 Å². The highest BCUT2D eigenvalue weighted by Gasteiger charge is 2.45. The normalized spacial score (nSPS) is 18.5. The Morgan fingerprint density at radius 2 is 1.73 bits per heavy atom. The van der Waals surface area contributed by atoms with Crippen LogP contribution >= 0.6 is 11.3 Å². The summed E-state index contributed by atoms with van der Waals surface area (Å²) in [6.45, 7) is 7.92. The maximum atomic E-state index is 14.5. The Balaban J connectivity index is 0.962. The first-order chi connectivity index (χ1) is 24.8. The number of aryl methyl sites for hydroxylation is 1. The fraction of sp³-hybridized carbons (Fsp3) is 0.457. The molecule has 4 amide bonds. The summed E-state index contributed by atoms with van der Waals surface area (Å²) < 4.78 is 55.3. The van der Waals surface area contributed by atoms with Gasteiger partial charge >= 0.3 is 0 Å². The van der Waals surface area contributed by atoms with Crippen LogP contribution in [0.5, 0.6) is 0 Å². The van der Waals surface area contributed by atoms with Gasteiger partial charge in [-0.05, 0) is 30.9 Å². The van der Waals surface area contributed by atoms with Crippen LogP contribution in [0.4, 0.5) is 13.9 Å². The number of fused-ring (bicyclic) bond motifs is 1. The minimum absolute atomic E-state index is 0.0448. The smallest absolute Gasteiger partial charge is 0.262 e. The molecule has 4 heterocycles. The lowest BCUT2D eigenvalue weighted by Crippen LogP contribution is -2.54. The molecular formula is C35H40F2N4O9S. The Hall–Kier alpha value is -4.35. The van der Waals surface area contributed by atoms with Crippen LogP contribution in [-0.4, -0.2) is 112 Å². The number of nitrogens with one attached hydrogen (secondary N) is 1. The van der Waals surface area contributed by atoms with Gasteiger partial charge in [-0.15, -0.1) is 11.3 Å². The van der Waals surface area contributed by atoms with Crippen molar-refractivity contribution in [3.63, 3.8) is 0 Å². The molecule has 2 fully saturated rings. The van der Waals surface area contributed by atoms with Crippen molar-refractivity contribution in [2.45, 2.75) is 31.7 Å². The number of hydrogen-bond acceptors (Lipinski definition) is 12. The van der Waals surface area contributed by atoms with Crippen molar-refractivity contribution < 1.29 is 51.6 Å². The summed E-state index contributed by atoms with van der Waals surface area (Å²) in [5.41, 5.74) is 1.88. The van der Waals surface area contributed by atoms with Gasteiger partial charge in [-0.2, -0.15) is 0 Å². The number of piperidine rings is 1. The standard InChI is InChI=1S/C35H40F2N4O9S/c1-2-24(27-22-51-35(38-27)40-10-13-47-14-11-40)31(26(37)21-36)50-20-19-49-18-17-48-16-15-46-12-4-6-23-5-3-7-25-30(23)34(45)41(33(25)44)28-8-9-29(42)39-32(28)43/h2-3,5,7,21-22,28H,1,4,6,8-20H2,(H,39,42,43)/b26-21-,31-24-. The number of ether oxygens (including phenoxy) is 5. The summed E-state index contributed by atoms with van der Waals surface area (Å²) in [4.78, 5) is 57.7.